The standard InChI is InChI=1S/C33H24.C29H22.2C3H5N.2Ar.2Y/c1-23-13-6-9-19-28(23)33(29-20-10-7-14-24(29)2)30-21-11-8-17-27(30)32-26(18-12-22-31(32)33)25-15-4-3-5-16-25;1-4-22-14-11-19-27-28(22)23-15-7-10-18-26(23)29(27,24-16-8-5-12-20(24)2)25-17-9-6-13-21(25)3;2*1-2-3-4;;;;/h3-15,17,19-22H,1-2H3;1,4-13,15-19H,2-3H3;2*2H2,1H3;;;;/q2*-2;;;;;;. The van der Waals surface area contributed by atoms with Crippen molar-refractivity contribution in [3.05, 3.63) is 291 Å². The summed E-state index contributed by atoms with van der Waals surface area (Å²) in [6.45, 7) is 18.6. The average Bonchev–Trinajstić information content (AvgIpc) is 3.88. The van der Waals surface area contributed by atoms with E-state index in [1.807, 2.05) is 44.2 Å². The Morgan fingerprint density at radius 3 is 1.12 bits per heavy atom. The van der Waals surface area contributed by atoms with E-state index in [0.29, 0.717) is 12.8 Å². The molecule has 2 nitrogen and oxygen atoms in total. The maximum Gasteiger partial charge on any atom is 0.0618 e. The fraction of sp³-hybridized carbons (Fsp3) is 0.147. The molecule has 0 saturated heterocycles. The van der Waals surface area contributed by atoms with Crippen LogP contribution in [0.25, 0.3) is 39.5 Å². The minimum atomic E-state index is -0.388. The van der Waals surface area contributed by atoms with Gasteiger partial charge in [-0.1, -0.05) is 171 Å². The molecule has 0 aliphatic heterocycles. The Hall–Kier alpha value is -3.57. The van der Waals surface area contributed by atoms with Gasteiger partial charge in [0, 0.05) is 154 Å². The third-order valence-corrected chi connectivity index (χ3v) is 13.7. The molecule has 9 aromatic carbocycles. The van der Waals surface area contributed by atoms with Crippen LogP contribution in [0.3, 0.4) is 0 Å². The van der Waals surface area contributed by atoms with E-state index in [2.05, 4.69) is 222 Å². The molecule has 74 heavy (non-hydrogen) atoms. The zero-order valence-corrected chi connectivity index (χ0v) is 49.9. The molecule has 0 atom stereocenters. The van der Waals surface area contributed by atoms with Crippen molar-refractivity contribution in [2.45, 2.75) is 65.2 Å². The van der Waals surface area contributed by atoms with Crippen LogP contribution in [0.2, 0.25) is 0 Å². The van der Waals surface area contributed by atoms with E-state index in [4.69, 9.17) is 17.1 Å². The van der Waals surface area contributed by atoms with E-state index in [1.54, 1.807) is 6.08 Å². The quantitative estimate of drug-likeness (QED) is 0.156. The summed E-state index contributed by atoms with van der Waals surface area (Å²) in [6, 6.07) is 83.9. The average molecular weight is 1160 g/mol. The van der Waals surface area contributed by atoms with Gasteiger partial charge in [0.05, 0.1) is 23.0 Å². The summed E-state index contributed by atoms with van der Waals surface area (Å²) in [5.74, 6) is 0. The zero-order chi connectivity index (χ0) is 49.3. The van der Waals surface area contributed by atoms with Crippen molar-refractivity contribution >= 4 is 6.08 Å². The van der Waals surface area contributed by atoms with Crippen LogP contribution in [0.1, 0.15) is 99.0 Å². The molecular weight excluding hydrogens is 1100 g/mol. The molecule has 0 N–H and O–H groups in total. The summed E-state index contributed by atoms with van der Waals surface area (Å²) in [5.41, 5.74) is 23.0. The number of nitriles is 2. The summed E-state index contributed by atoms with van der Waals surface area (Å²) in [6.07, 6.45) is 2.93. The maximum atomic E-state index is 7.62. The monoisotopic (exact) mass is 1160 g/mol. The smallest absolute Gasteiger partial charge is 0.0618 e. The Kier molecular flexibility index (Phi) is 24.9. The first kappa shape index (κ1) is 63.0. The predicted octanol–water partition coefficient (Wildman–Crippen LogP) is 16.7. The first-order valence-corrected chi connectivity index (χ1v) is 24.1. The molecule has 0 saturated carbocycles. The van der Waals surface area contributed by atoms with E-state index < -0.39 is 0 Å². The molecule has 2 aliphatic rings. The number of hydrogen-bond donors (Lipinski definition) is 0. The van der Waals surface area contributed by atoms with Crippen LogP contribution in [0.15, 0.2) is 194 Å². The van der Waals surface area contributed by atoms with Gasteiger partial charge in [-0.25, -0.2) is 17.2 Å². The molecule has 11 rings (SSSR count). The van der Waals surface area contributed by atoms with Crippen LogP contribution in [0.5, 0.6) is 0 Å². The van der Waals surface area contributed by atoms with E-state index in [9.17, 15) is 0 Å². The fourth-order valence-electron chi connectivity index (χ4n) is 10.9. The van der Waals surface area contributed by atoms with Gasteiger partial charge in [-0.05, 0) is 83.3 Å². The van der Waals surface area contributed by atoms with Crippen molar-refractivity contribution in [1.29, 1.82) is 10.5 Å². The molecule has 364 valence electrons. The molecular formula is C68H56Ar2N2Y2-4. The van der Waals surface area contributed by atoms with Crippen LogP contribution in [-0.2, 0) is 76.2 Å². The third kappa shape index (κ3) is 11.8. The van der Waals surface area contributed by atoms with Crippen molar-refractivity contribution < 1.29 is 141 Å². The summed E-state index contributed by atoms with van der Waals surface area (Å²) in [5, 5.41) is 15.2. The van der Waals surface area contributed by atoms with Gasteiger partial charge in [0.15, 0.2) is 0 Å². The summed E-state index contributed by atoms with van der Waals surface area (Å²) >= 11 is 0. The van der Waals surface area contributed by atoms with E-state index in [0.717, 1.165) is 16.7 Å². The molecule has 9 aromatic rings. The summed E-state index contributed by atoms with van der Waals surface area (Å²) in [7, 11) is 0. The Bertz CT molecular complexity index is 3320. The molecule has 0 heterocycles. The number of rotatable bonds is 6. The SMILES string of the molecule is CCC#N.CCC#N.Cc1ccccc1C1(c2ccccc2C)c2ccccc2-c2c(-c3[c-]cccc3)[c-]ccc21.[Ar].[Ar].[CH-]=Cc1[c-]ccc2c1-c1ccccc1C2(c1ccccc1C)c1ccccc1C.[Y].[Y]. The van der Waals surface area contributed by atoms with Crippen LogP contribution in [0, 0.1) is 151 Å². The number of benzene rings is 9. The van der Waals surface area contributed by atoms with Crippen molar-refractivity contribution in [3.8, 4) is 45.5 Å². The van der Waals surface area contributed by atoms with Crippen LogP contribution in [0.4, 0.5) is 0 Å². The normalized spacial score (nSPS) is 11.8. The molecule has 0 unspecified atom stereocenters. The first-order valence-electron chi connectivity index (χ1n) is 24.1. The topological polar surface area (TPSA) is 47.6 Å². The van der Waals surface area contributed by atoms with Gasteiger partial charge in [0.2, 0.25) is 0 Å². The zero-order valence-electron chi connectivity index (χ0n) is 42.8. The Balaban J connectivity index is 0.000000269. The number of nitrogens with zero attached hydrogens (tertiary/aromatic N) is 2. The van der Waals surface area contributed by atoms with E-state index >= 15 is 0 Å². The molecule has 0 fully saturated rings. The maximum absolute atomic E-state index is 7.62. The van der Waals surface area contributed by atoms with Gasteiger partial charge in [0.25, 0.3) is 0 Å². The second kappa shape index (κ2) is 29.2. The van der Waals surface area contributed by atoms with Gasteiger partial charge in [0.1, 0.15) is 0 Å². The Morgan fingerprint density at radius 1 is 0.419 bits per heavy atom. The minimum Gasteiger partial charge on any atom is -0.344 e. The Morgan fingerprint density at radius 2 is 0.757 bits per heavy atom. The second-order valence-corrected chi connectivity index (χ2v) is 17.6. The van der Waals surface area contributed by atoms with Gasteiger partial charge in [-0.2, -0.15) is 58.6 Å². The molecule has 6 heteroatoms. The number of fused-ring (bicyclic) bond motifs is 6. The van der Waals surface area contributed by atoms with E-state index in [-0.39, 0.29) is 152 Å². The van der Waals surface area contributed by atoms with Crippen molar-refractivity contribution in [1.82, 2.24) is 0 Å². The van der Waals surface area contributed by atoms with Gasteiger partial charge < -0.3 is 12.7 Å². The number of aryl methyl sites for hydroxylation is 4. The van der Waals surface area contributed by atoms with Crippen LogP contribution >= 0.6 is 0 Å². The molecule has 0 bridgehead atoms. The van der Waals surface area contributed by atoms with Gasteiger partial charge >= 0.3 is 0 Å². The first-order chi connectivity index (χ1) is 34.2. The predicted molar refractivity (Wildman–Crippen MR) is 289 cm³/mol. The molecule has 2 radical (unpaired) electrons. The van der Waals surface area contributed by atoms with Crippen LogP contribution < -0.4 is 0 Å². The molecule has 2 aliphatic carbocycles. The van der Waals surface area contributed by atoms with Gasteiger partial charge in [-0.15, -0.1) is 34.9 Å². The molecule has 0 spiro atoms. The van der Waals surface area contributed by atoms with Crippen molar-refractivity contribution in [3.63, 3.8) is 0 Å². The second-order valence-electron chi connectivity index (χ2n) is 17.6. The van der Waals surface area contributed by atoms with E-state index in [1.165, 1.54) is 89.0 Å². The fourth-order valence-corrected chi connectivity index (χ4v) is 10.9. The third-order valence-electron chi connectivity index (χ3n) is 13.7. The molecule has 0 amide bonds. The van der Waals surface area contributed by atoms with Gasteiger partial charge in [-0.3, -0.25) is 5.56 Å². The van der Waals surface area contributed by atoms with Crippen molar-refractivity contribution in [2.24, 2.45) is 0 Å². The largest absolute Gasteiger partial charge is 0.344 e. The Labute approximate surface area is 551 Å². The number of hydrogen-bond acceptors (Lipinski definition) is 2. The summed E-state index contributed by atoms with van der Waals surface area (Å²) < 4.78 is 0. The minimum absolute atomic E-state index is 0. The summed E-state index contributed by atoms with van der Waals surface area (Å²) in [4.78, 5) is 0. The van der Waals surface area contributed by atoms with Crippen molar-refractivity contribution in [2.75, 3.05) is 0 Å². The molecule has 0 aromatic heterocycles. The van der Waals surface area contributed by atoms with Crippen LogP contribution in [-0.4, -0.2) is 0 Å².